The quantitative estimate of drug-likeness (QED) is 0.840. The van der Waals surface area contributed by atoms with Gasteiger partial charge in [0.2, 0.25) is 5.91 Å². The van der Waals surface area contributed by atoms with Gasteiger partial charge in [-0.05, 0) is 38.5 Å². The largest absolute Gasteiger partial charge is 0.351 e. The van der Waals surface area contributed by atoms with E-state index in [1.807, 2.05) is 20.8 Å². The number of nitrogens with one attached hydrogen (secondary N) is 2. The number of amides is 1. The minimum absolute atomic E-state index is 0.0871. The highest BCUT2D eigenvalue weighted by atomic mass is 19.1. The summed E-state index contributed by atoms with van der Waals surface area (Å²) in [4.78, 5) is 11.5. The molecule has 0 saturated heterocycles. The number of hydrogen-bond donors (Lipinski definition) is 2. The van der Waals surface area contributed by atoms with Crippen LogP contribution < -0.4 is 10.6 Å². The van der Waals surface area contributed by atoms with E-state index in [9.17, 15) is 9.18 Å². The summed E-state index contributed by atoms with van der Waals surface area (Å²) in [5.74, 6) is -0.381. The normalized spacial score (nSPS) is 11.3. The van der Waals surface area contributed by atoms with Crippen molar-refractivity contribution in [1.29, 1.82) is 0 Å². The summed E-state index contributed by atoms with van der Waals surface area (Å²) in [5.41, 5.74) is 0.671. The standard InChI is InChI=1S/C13H19FN2O/c1-13(2,3)16-9-12(17)15-8-10-5-4-6-11(14)7-10/h4-7,16H,8-9H2,1-3H3,(H,15,17). The lowest BCUT2D eigenvalue weighted by Gasteiger charge is -2.20. The highest BCUT2D eigenvalue weighted by molar-refractivity contribution is 5.78. The molecule has 0 fully saturated rings. The van der Waals surface area contributed by atoms with Gasteiger partial charge in [0, 0.05) is 12.1 Å². The van der Waals surface area contributed by atoms with Gasteiger partial charge < -0.3 is 10.6 Å². The van der Waals surface area contributed by atoms with Crippen molar-refractivity contribution in [3.05, 3.63) is 35.6 Å². The summed E-state index contributed by atoms with van der Waals surface area (Å²) >= 11 is 0. The number of halogens is 1. The van der Waals surface area contributed by atoms with E-state index in [-0.39, 0.29) is 23.8 Å². The summed E-state index contributed by atoms with van der Waals surface area (Å²) in [6.07, 6.45) is 0. The minimum Gasteiger partial charge on any atom is -0.351 e. The van der Waals surface area contributed by atoms with Crippen LogP contribution in [-0.2, 0) is 11.3 Å². The van der Waals surface area contributed by atoms with Gasteiger partial charge in [0.1, 0.15) is 5.82 Å². The van der Waals surface area contributed by atoms with Crippen LogP contribution in [0.4, 0.5) is 4.39 Å². The zero-order valence-corrected chi connectivity index (χ0v) is 10.5. The van der Waals surface area contributed by atoms with Crippen molar-refractivity contribution in [2.45, 2.75) is 32.9 Å². The fourth-order valence-electron chi connectivity index (χ4n) is 1.26. The molecule has 0 atom stereocenters. The Morgan fingerprint density at radius 1 is 1.35 bits per heavy atom. The maximum Gasteiger partial charge on any atom is 0.234 e. The van der Waals surface area contributed by atoms with Gasteiger partial charge in [-0.15, -0.1) is 0 Å². The van der Waals surface area contributed by atoms with Crippen molar-refractivity contribution >= 4 is 5.91 Å². The fourth-order valence-corrected chi connectivity index (χ4v) is 1.26. The topological polar surface area (TPSA) is 41.1 Å². The molecule has 4 heteroatoms. The van der Waals surface area contributed by atoms with Crippen molar-refractivity contribution in [3.63, 3.8) is 0 Å². The van der Waals surface area contributed by atoms with Crippen LogP contribution in [0.2, 0.25) is 0 Å². The second-order valence-electron chi connectivity index (χ2n) is 5.01. The summed E-state index contributed by atoms with van der Waals surface area (Å²) in [5, 5.41) is 5.81. The predicted molar refractivity (Wildman–Crippen MR) is 66.0 cm³/mol. The van der Waals surface area contributed by atoms with E-state index in [1.165, 1.54) is 12.1 Å². The maximum atomic E-state index is 12.9. The van der Waals surface area contributed by atoms with Crippen LogP contribution >= 0.6 is 0 Å². The molecule has 1 amide bonds. The molecule has 0 radical (unpaired) electrons. The monoisotopic (exact) mass is 238 g/mol. The van der Waals surface area contributed by atoms with E-state index in [1.54, 1.807) is 12.1 Å². The first-order valence-corrected chi connectivity index (χ1v) is 5.63. The van der Waals surface area contributed by atoms with E-state index in [2.05, 4.69) is 10.6 Å². The van der Waals surface area contributed by atoms with Gasteiger partial charge in [-0.1, -0.05) is 12.1 Å². The maximum absolute atomic E-state index is 12.9. The second kappa shape index (κ2) is 5.77. The van der Waals surface area contributed by atoms with Crippen molar-refractivity contribution in [1.82, 2.24) is 10.6 Å². The third-order valence-electron chi connectivity index (χ3n) is 2.16. The number of carbonyl (C=O) groups excluding carboxylic acids is 1. The molecule has 1 rings (SSSR count). The first-order chi connectivity index (χ1) is 7.87. The highest BCUT2D eigenvalue weighted by Crippen LogP contribution is 2.02. The molecule has 0 aliphatic carbocycles. The number of carbonyl (C=O) groups is 1. The van der Waals surface area contributed by atoms with Crippen molar-refractivity contribution < 1.29 is 9.18 Å². The van der Waals surface area contributed by atoms with Crippen LogP contribution in [-0.4, -0.2) is 18.0 Å². The lowest BCUT2D eigenvalue weighted by molar-refractivity contribution is -0.120. The average Bonchev–Trinajstić information content (AvgIpc) is 2.23. The molecular formula is C13H19FN2O. The van der Waals surface area contributed by atoms with Gasteiger partial charge in [-0.2, -0.15) is 0 Å². The minimum atomic E-state index is -0.287. The van der Waals surface area contributed by atoms with Crippen LogP contribution in [0.15, 0.2) is 24.3 Å². The van der Waals surface area contributed by atoms with E-state index >= 15 is 0 Å². The van der Waals surface area contributed by atoms with Gasteiger partial charge in [-0.3, -0.25) is 4.79 Å². The zero-order chi connectivity index (χ0) is 12.9. The van der Waals surface area contributed by atoms with Gasteiger partial charge >= 0.3 is 0 Å². The van der Waals surface area contributed by atoms with Gasteiger partial charge in [0.25, 0.3) is 0 Å². The summed E-state index contributed by atoms with van der Waals surface area (Å²) in [6, 6.07) is 6.20. The Kier molecular flexibility index (Phi) is 4.63. The SMILES string of the molecule is CC(C)(C)NCC(=O)NCc1cccc(F)c1. The third-order valence-corrected chi connectivity index (χ3v) is 2.16. The van der Waals surface area contributed by atoms with Gasteiger partial charge in [0.05, 0.1) is 6.54 Å². The molecular weight excluding hydrogens is 219 g/mol. The van der Waals surface area contributed by atoms with Crippen LogP contribution in [0.25, 0.3) is 0 Å². The summed E-state index contributed by atoms with van der Waals surface area (Å²) in [6.45, 7) is 6.59. The first kappa shape index (κ1) is 13.6. The van der Waals surface area contributed by atoms with Crippen molar-refractivity contribution in [3.8, 4) is 0 Å². The molecule has 0 aliphatic rings. The summed E-state index contributed by atoms with van der Waals surface area (Å²) in [7, 11) is 0. The molecule has 0 heterocycles. The predicted octanol–water partition coefficient (Wildman–Crippen LogP) is 1.83. The Labute approximate surface area is 101 Å². The Bertz CT molecular complexity index is 385. The lowest BCUT2D eigenvalue weighted by Crippen LogP contribution is -2.43. The third kappa shape index (κ3) is 6.02. The van der Waals surface area contributed by atoms with Crippen LogP contribution in [0, 0.1) is 5.82 Å². The van der Waals surface area contributed by atoms with Crippen molar-refractivity contribution in [2.24, 2.45) is 0 Å². The molecule has 1 aromatic carbocycles. The van der Waals surface area contributed by atoms with Gasteiger partial charge in [0.15, 0.2) is 0 Å². The first-order valence-electron chi connectivity index (χ1n) is 5.63. The average molecular weight is 238 g/mol. The number of benzene rings is 1. The van der Waals surface area contributed by atoms with Crippen molar-refractivity contribution in [2.75, 3.05) is 6.54 Å². The van der Waals surface area contributed by atoms with E-state index in [0.717, 1.165) is 5.56 Å². The molecule has 0 aromatic heterocycles. The van der Waals surface area contributed by atoms with Crippen LogP contribution in [0.3, 0.4) is 0 Å². The molecule has 0 bridgehead atoms. The fraction of sp³-hybridized carbons (Fsp3) is 0.462. The Hall–Kier alpha value is -1.42. The Morgan fingerprint density at radius 3 is 2.65 bits per heavy atom. The Balaban J connectivity index is 2.33. The molecule has 2 N–H and O–H groups in total. The molecule has 1 aromatic rings. The highest BCUT2D eigenvalue weighted by Gasteiger charge is 2.10. The van der Waals surface area contributed by atoms with Gasteiger partial charge in [-0.25, -0.2) is 4.39 Å². The molecule has 0 spiro atoms. The molecule has 0 unspecified atom stereocenters. The molecule has 94 valence electrons. The number of rotatable bonds is 4. The zero-order valence-electron chi connectivity index (χ0n) is 10.5. The molecule has 0 aliphatic heterocycles. The smallest absolute Gasteiger partial charge is 0.234 e. The van der Waals surface area contributed by atoms with Crippen LogP contribution in [0.5, 0.6) is 0 Å². The number of hydrogen-bond acceptors (Lipinski definition) is 2. The van der Waals surface area contributed by atoms with E-state index in [4.69, 9.17) is 0 Å². The molecule has 3 nitrogen and oxygen atoms in total. The van der Waals surface area contributed by atoms with Crippen LogP contribution in [0.1, 0.15) is 26.3 Å². The second-order valence-corrected chi connectivity index (χ2v) is 5.01. The summed E-state index contributed by atoms with van der Waals surface area (Å²) < 4.78 is 12.9. The Morgan fingerprint density at radius 2 is 2.06 bits per heavy atom. The van der Waals surface area contributed by atoms with E-state index < -0.39 is 0 Å². The molecule has 0 saturated carbocycles. The van der Waals surface area contributed by atoms with E-state index in [0.29, 0.717) is 6.54 Å². The lowest BCUT2D eigenvalue weighted by atomic mass is 10.1. The molecule has 17 heavy (non-hydrogen) atoms.